The van der Waals surface area contributed by atoms with Gasteiger partial charge in [-0.3, -0.25) is 4.40 Å². The van der Waals surface area contributed by atoms with E-state index in [-0.39, 0.29) is 6.04 Å². The summed E-state index contributed by atoms with van der Waals surface area (Å²) < 4.78 is 7.50. The highest BCUT2D eigenvalue weighted by molar-refractivity contribution is 5.79. The lowest BCUT2D eigenvalue weighted by Crippen LogP contribution is -2.41. The summed E-state index contributed by atoms with van der Waals surface area (Å²) in [6.07, 6.45) is 1.95. The minimum atomic E-state index is 0.129. The SMILES string of the molecule is CCNC(=NCc1nnc2ccccn12)NCC(c1ccccc1OC)N(C)C. The van der Waals surface area contributed by atoms with Crippen molar-refractivity contribution >= 4 is 11.6 Å². The van der Waals surface area contributed by atoms with Gasteiger partial charge in [-0.15, -0.1) is 10.2 Å². The number of hydrogen-bond acceptors (Lipinski definition) is 5. The molecule has 3 rings (SSSR count). The van der Waals surface area contributed by atoms with Crippen molar-refractivity contribution in [3.05, 3.63) is 60.0 Å². The number of guanidine groups is 1. The van der Waals surface area contributed by atoms with Crippen LogP contribution in [-0.4, -0.2) is 59.8 Å². The van der Waals surface area contributed by atoms with E-state index in [1.807, 2.05) is 53.9 Å². The first-order valence-corrected chi connectivity index (χ1v) is 9.74. The standard InChI is InChI=1S/C21H29N7O/c1-5-22-21(24-15-20-26-25-19-12-8-9-13-28(19)20)23-14-17(27(2)3)16-10-6-7-11-18(16)29-4/h6-13,17H,5,14-15H2,1-4H3,(H2,22,23,24). The van der Waals surface area contributed by atoms with Gasteiger partial charge in [-0.2, -0.15) is 0 Å². The maximum atomic E-state index is 5.55. The number of ether oxygens (including phenoxy) is 1. The molecule has 0 saturated heterocycles. The summed E-state index contributed by atoms with van der Waals surface area (Å²) in [5.74, 6) is 2.42. The minimum absolute atomic E-state index is 0.129. The molecule has 0 spiro atoms. The van der Waals surface area contributed by atoms with Crippen molar-refractivity contribution in [2.24, 2.45) is 4.99 Å². The summed E-state index contributed by atoms with van der Waals surface area (Å²) in [7, 11) is 5.82. The Balaban J connectivity index is 1.74. The minimum Gasteiger partial charge on any atom is -0.496 e. The lowest BCUT2D eigenvalue weighted by molar-refractivity contribution is 0.287. The second kappa shape index (κ2) is 9.88. The van der Waals surface area contributed by atoms with Crippen LogP contribution in [0.5, 0.6) is 5.75 Å². The number of hydrogen-bond donors (Lipinski definition) is 2. The Hall–Kier alpha value is -3.13. The number of rotatable bonds is 8. The number of nitrogens with zero attached hydrogens (tertiary/aromatic N) is 5. The molecule has 1 atom stereocenters. The van der Waals surface area contributed by atoms with Crippen molar-refractivity contribution in [1.29, 1.82) is 0 Å². The van der Waals surface area contributed by atoms with Gasteiger partial charge < -0.3 is 20.3 Å². The van der Waals surface area contributed by atoms with Gasteiger partial charge in [0.05, 0.1) is 13.2 Å². The van der Waals surface area contributed by atoms with Crippen LogP contribution >= 0.6 is 0 Å². The molecule has 1 unspecified atom stereocenters. The summed E-state index contributed by atoms with van der Waals surface area (Å²) in [6, 6.07) is 14.1. The van der Waals surface area contributed by atoms with Gasteiger partial charge in [-0.05, 0) is 39.2 Å². The number of pyridine rings is 1. The Bertz CT molecular complexity index is 951. The second-order valence-corrected chi connectivity index (χ2v) is 6.84. The van der Waals surface area contributed by atoms with Gasteiger partial charge in [-0.25, -0.2) is 4.99 Å². The predicted octanol–water partition coefficient (Wildman–Crippen LogP) is 2.10. The van der Waals surface area contributed by atoms with Crippen LogP contribution < -0.4 is 15.4 Å². The molecule has 0 saturated carbocycles. The second-order valence-electron chi connectivity index (χ2n) is 6.84. The van der Waals surface area contributed by atoms with E-state index in [9.17, 15) is 0 Å². The van der Waals surface area contributed by atoms with Crippen LogP contribution in [0.25, 0.3) is 5.65 Å². The Morgan fingerprint density at radius 1 is 1.14 bits per heavy atom. The van der Waals surface area contributed by atoms with E-state index in [1.54, 1.807) is 7.11 Å². The molecule has 2 N–H and O–H groups in total. The topological polar surface area (TPSA) is 79.1 Å². The van der Waals surface area contributed by atoms with Crippen LogP contribution in [0, 0.1) is 0 Å². The molecule has 1 aromatic carbocycles. The van der Waals surface area contributed by atoms with Gasteiger partial charge in [0.15, 0.2) is 17.4 Å². The first-order valence-electron chi connectivity index (χ1n) is 9.74. The molecule has 2 aromatic heterocycles. The summed E-state index contributed by atoms with van der Waals surface area (Å²) >= 11 is 0. The van der Waals surface area contributed by atoms with E-state index in [2.05, 4.69) is 45.9 Å². The van der Waals surface area contributed by atoms with Crippen LogP contribution in [0.3, 0.4) is 0 Å². The number of aromatic nitrogens is 3. The quantitative estimate of drug-likeness (QED) is 0.449. The van der Waals surface area contributed by atoms with Crippen LogP contribution in [-0.2, 0) is 6.54 Å². The number of aliphatic imine (C=N–C) groups is 1. The van der Waals surface area contributed by atoms with Gasteiger partial charge in [0, 0.05) is 24.8 Å². The average Bonchev–Trinajstić information content (AvgIpc) is 3.15. The van der Waals surface area contributed by atoms with Gasteiger partial charge in [-0.1, -0.05) is 24.3 Å². The molecule has 2 heterocycles. The number of benzene rings is 1. The monoisotopic (exact) mass is 395 g/mol. The summed E-state index contributed by atoms with van der Waals surface area (Å²) in [4.78, 5) is 6.86. The molecule has 0 aliphatic rings. The van der Waals surface area contributed by atoms with Crippen LogP contribution in [0.2, 0.25) is 0 Å². The number of para-hydroxylation sites is 1. The number of methoxy groups -OCH3 is 1. The first-order chi connectivity index (χ1) is 14.1. The van der Waals surface area contributed by atoms with E-state index < -0.39 is 0 Å². The van der Waals surface area contributed by atoms with Crippen molar-refractivity contribution in [3.63, 3.8) is 0 Å². The molecule has 3 aromatic rings. The van der Waals surface area contributed by atoms with Crippen molar-refractivity contribution in [3.8, 4) is 5.75 Å². The molecule has 154 valence electrons. The van der Waals surface area contributed by atoms with Crippen molar-refractivity contribution < 1.29 is 4.74 Å². The van der Waals surface area contributed by atoms with Crippen molar-refractivity contribution in [1.82, 2.24) is 30.1 Å². The zero-order valence-corrected chi connectivity index (χ0v) is 17.5. The summed E-state index contributed by atoms with van der Waals surface area (Å²) in [5, 5.41) is 15.2. The molecule has 0 radical (unpaired) electrons. The first kappa shape index (κ1) is 20.6. The Kier molecular flexibility index (Phi) is 7.02. The molecule has 8 heteroatoms. The molecule has 0 bridgehead atoms. The number of likely N-dealkylation sites (N-methyl/N-ethyl adjacent to an activating group) is 1. The molecule has 0 amide bonds. The fourth-order valence-electron chi connectivity index (χ4n) is 3.20. The zero-order chi connectivity index (χ0) is 20.6. The maximum Gasteiger partial charge on any atom is 0.191 e. The van der Waals surface area contributed by atoms with Crippen molar-refractivity contribution in [2.75, 3.05) is 34.3 Å². The van der Waals surface area contributed by atoms with E-state index in [4.69, 9.17) is 9.73 Å². The third-order valence-corrected chi connectivity index (χ3v) is 4.69. The molecule has 0 aliphatic carbocycles. The summed E-state index contributed by atoms with van der Waals surface area (Å²) in [5.41, 5.74) is 1.95. The lowest BCUT2D eigenvalue weighted by Gasteiger charge is -2.27. The maximum absolute atomic E-state index is 5.55. The normalized spacial score (nSPS) is 12.9. The van der Waals surface area contributed by atoms with E-state index >= 15 is 0 Å². The average molecular weight is 396 g/mol. The van der Waals surface area contributed by atoms with Crippen molar-refractivity contribution in [2.45, 2.75) is 19.5 Å². The highest BCUT2D eigenvalue weighted by Gasteiger charge is 2.18. The molecule has 0 aliphatic heterocycles. The molecule has 29 heavy (non-hydrogen) atoms. The van der Waals surface area contributed by atoms with Crippen LogP contribution in [0.15, 0.2) is 53.7 Å². The van der Waals surface area contributed by atoms with Gasteiger partial charge in [0.2, 0.25) is 0 Å². The summed E-state index contributed by atoms with van der Waals surface area (Å²) in [6.45, 7) is 3.93. The highest BCUT2D eigenvalue weighted by atomic mass is 16.5. The number of nitrogens with one attached hydrogen (secondary N) is 2. The van der Waals surface area contributed by atoms with Crippen LogP contribution in [0.1, 0.15) is 24.4 Å². The van der Waals surface area contributed by atoms with Crippen LogP contribution in [0.4, 0.5) is 0 Å². The van der Waals surface area contributed by atoms with Gasteiger partial charge in [0.1, 0.15) is 12.3 Å². The molecule has 8 nitrogen and oxygen atoms in total. The smallest absolute Gasteiger partial charge is 0.191 e. The predicted molar refractivity (Wildman–Crippen MR) is 115 cm³/mol. The zero-order valence-electron chi connectivity index (χ0n) is 17.5. The third-order valence-electron chi connectivity index (χ3n) is 4.69. The molecular formula is C21H29N7O. The Morgan fingerprint density at radius 2 is 1.93 bits per heavy atom. The van der Waals surface area contributed by atoms with Gasteiger partial charge in [0.25, 0.3) is 0 Å². The highest BCUT2D eigenvalue weighted by Crippen LogP contribution is 2.27. The fraction of sp³-hybridized carbons (Fsp3) is 0.381. The lowest BCUT2D eigenvalue weighted by atomic mass is 10.0. The molecule has 0 fully saturated rings. The van der Waals surface area contributed by atoms with Gasteiger partial charge >= 0.3 is 0 Å². The number of fused-ring (bicyclic) bond motifs is 1. The van der Waals surface area contributed by atoms with E-state index in [0.717, 1.165) is 35.3 Å². The van der Waals surface area contributed by atoms with E-state index in [1.165, 1.54) is 0 Å². The third kappa shape index (κ3) is 5.03. The Labute approximate surface area is 171 Å². The fourth-order valence-corrected chi connectivity index (χ4v) is 3.20. The Morgan fingerprint density at radius 3 is 2.69 bits per heavy atom. The molecular weight excluding hydrogens is 366 g/mol. The largest absolute Gasteiger partial charge is 0.496 e. The van der Waals surface area contributed by atoms with E-state index in [0.29, 0.717) is 13.1 Å².